The summed E-state index contributed by atoms with van der Waals surface area (Å²) in [6, 6.07) is 5.52. The normalized spacial score (nSPS) is 23.7. The highest BCUT2D eigenvalue weighted by molar-refractivity contribution is 7.91. The summed E-state index contributed by atoms with van der Waals surface area (Å²) >= 11 is 0. The second-order valence-corrected chi connectivity index (χ2v) is 8.52. The zero-order valence-electron chi connectivity index (χ0n) is 13.0. The summed E-state index contributed by atoms with van der Waals surface area (Å²) in [4.78, 5) is 23.6. The standard InChI is InChI=1S/C16H20N2O4S/c1-10(17-16(20)13-6-7-23(21,22)9-13)11-2-4-14-12(8-11)3-5-15(19)18-14/h2,4,8,10,13H,3,5-7,9H2,1H3,(H,17,20)(H,18,19)/t10-,13-/m0/s1. The molecule has 0 spiro atoms. The molecule has 0 unspecified atom stereocenters. The number of nitrogens with one attached hydrogen (secondary N) is 2. The lowest BCUT2D eigenvalue weighted by molar-refractivity contribution is -0.125. The van der Waals surface area contributed by atoms with Gasteiger partial charge in [-0.15, -0.1) is 0 Å². The van der Waals surface area contributed by atoms with Crippen LogP contribution in [0, 0.1) is 5.92 Å². The molecule has 2 heterocycles. The molecular formula is C16H20N2O4S. The first kappa shape index (κ1) is 16.0. The average Bonchev–Trinajstić information content (AvgIpc) is 2.87. The molecular weight excluding hydrogens is 316 g/mol. The van der Waals surface area contributed by atoms with Crippen molar-refractivity contribution in [3.8, 4) is 0 Å². The van der Waals surface area contributed by atoms with Crippen molar-refractivity contribution in [2.24, 2.45) is 5.92 Å². The van der Waals surface area contributed by atoms with E-state index in [-0.39, 0.29) is 29.4 Å². The summed E-state index contributed by atoms with van der Waals surface area (Å²) in [5, 5.41) is 5.73. The summed E-state index contributed by atoms with van der Waals surface area (Å²) in [6.07, 6.45) is 1.56. The number of benzene rings is 1. The fourth-order valence-electron chi connectivity index (χ4n) is 3.09. The van der Waals surface area contributed by atoms with Crippen LogP contribution in [-0.2, 0) is 25.8 Å². The smallest absolute Gasteiger partial charge is 0.224 e. The molecule has 2 amide bonds. The quantitative estimate of drug-likeness (QED) is 0.867. The molecule has 0 radical (unpaired) electrons. The predicted octanol–water partition coefficient (Wildman–Crippen LogP) is 1.18. The highest BCUT2D eigenvalue weighted by Crippen LogP contribution is 2.26. The van der Waals surface area contributed by atoms with Crippen LogP contribution >= 0.6 is 0 Å². The fraction of sp³-hybridized carbons (Fsp3) is 0.500. The lowest BCUT2D eigenvalue weighted by Gasteiger charge is -2.21. The maximum absolute atomic E-state index is 12.2. The number of fused-ring (bicyclic) bond motifs is 1. The number of hydrogen-bond donors (Lipinski definition) is 2. The Balaban J connectivity index is 1.68. The van der Waals surface area contributed by atoms with Crippen LogP contribution in [-0.4, -0.2) is 31.7 Å². The summed E-state index contributed by atoms with van der Waals surface area (Å²) in [7, 11) is -3.06. The molecule has 1 aromatic rings. The molecule has 1 saturated heterocycles. The van der Waals surface area contributed by atoms with E-state index in [4.69, 9.17) is 0 Å². The number of aryl methyl sites for hydroxylation is 1. The van der Waals surface area contributed by atoms with Crippen molar-refractivity contribution in [1.82, 2.24) is 5.32 Å². The zero-order valence-corrected chi connectivity index (χ0v) is 13.8. The van der Waals surface area contributed by atoms with E-state index in [0.29, 0.717) is 19.3 Å². The molecule has 2 aliphatic rings. The van der Waals surface area contributed by atoms with Gasteiger partial charge in [-0.3, -0.25) is 9.59 Å². The van der Waals surface area contributed by atoms with Gasteiger partial charge in [0, 0.05) is 12.1 Å². The van der Waals surface area contributed by atoms with Gasteiger partial charge in [-0.1, -0.05) is 12.1 Å². The predicted molar refractivity (Wildman–Crippen MR) is 86.7 cm³/mol. The van der Waals surface area contributed by atoms with Crippen molar-refractivity contribution >= 4 is 27.3 Å². The number of rotatable bonds is 3. The first-order chi connectivity index (χ1) is 10.8. The summed E-state index contributed by atoms with van der Waals surface area (Å²) in [5.41, 5.74) is 2.84. The first-order valence-electron chi connectivity index (χ1n) is 7.77. The molecule has 6 nitrogen and oxygen atoms in total. The van der Waals surface area contributed by atoms with E-state index >= 15 is 0 Å². The van der Waals surface area contributed by atoms with Crippen molar-refractivity contribution in [2.45, 2.75) is 32.2 Å². The number of carbonyl (C=O) groups is 2. The number of anilines is 1. The highest BCUT2D eigenvalue weighted by Gasteiger charge is 2.33. The van der Waals surface area contributed by atoms with E-state index in [2.05, 4.69) is 10.6 Å². The van der Waals surface area contributed by atoms with Gasteiger partial charge >= 0.3 is 0 Å². The average molecular weight is 336 g/mol. The molecule has 1 aromatic carbocycles. The van der Waals surface area contributed by atoms with Crippen LogP contribution in [0.5, 0.6) is 0 Å². The Bertz CT molecular complexity index is 757. The largest absolute Gasteiger partial charge is 0.349 e. The zero-order chi connectivity index (χ0) is 16.6. The minimum atomic E-state index is -3.06. The van der Waals surface area contributed by atoms with Crippen LogP contribution in [0.15, 0.2) is 18.2 Å². The van der Waals surface area contributed by atoms with Crippen molar-refractivity contribution in [2.75, 3.05) is 16.8 Å². The van der Waals surface area contributed by atoms with E-state index in [1.54, 1.807) is 0 Å². The molecule has 2 aliphatic heterocycles. The highest BCUT2D eigenvalue weighted by atomic mass is 32.2. The SMILES string of the molecule is C[C@H](NC(=O)[C@H]1CCS(=O)(=O)C1)c1ccc2c(c1)CCC(=O)N2. The molecule has 124 valence electrons. The Morgan fingerprint density at radius 3 is 2.83 bits per heavy atom. The summed E-state index contributed by atoms with van der Waals surface area (Å²) in [6.45, 7) is 1.88. The van der Waals surface area contributed by atoms with Gasteiger partial charge in [0.25, 0.3) is 0 Å². The molecule has 2 atom stereocenters. The van der Waals surface area contributed by atoms with Crippen LogP contribution in [0.25, 0.3) is 0 Å². The van der Waals surface area contributed by atoms with Gasteiger partial charge in [-0.2, -0.15) is 0 Å². The summed E-state index contributed by atoms with van der Waals surface area (Å²) in [5.74, 6) is -0.585. The minimum Gasteiger partial charge on any atom is -0.349 e. The Hall–Kier alpha value is -1.89. The van der Waals surface area contributed by atoms with Crippen molar-refractivity contribution in [3.63, 3.8) is 0 Å². The van der Waals surface area contributed by atoms with Gasteiger partial charge in [0.15, 0.2) is 9.84 Å². The van der Waals surface area contributed by atoms with Crippen molar-refractivity contribution in [1.29, 1.82) is 0 Å². The van der Waals surface area contributed by atoms with E-state index in [0.717, 1.165) is 16.8 Å². The Kier molecular flexibility index (Phi) is 4.14. The Morgan fingerprint density at radius 1 is 1.35 bits per heavy atom. The maximum Gasteiger partial charge on any atom is 0.224 e. The Labute approximate surface area is 135 Å². The topological polar surface area (TPSA) is 92.3 Å². The molecule has 2 N–H and O–H groups in total. The van der Waals surface area contributed by atoms with Crippen LogP contribution in [0.1, 0.15) is 36.9 Å². The van der Waals surface area contributed by atoms with Crippen LogP contribution in [0.4, 0.5) is 5.69 Å². The molecule has 0 bridgehead atoms. The third-order valence-electron chi connectivity index (χ3n) is 4.49. The first-order valence-corrected chi connectivity index (χ1v) is 9.60. The second kappa shape index (κ2) is 5.96. The van der Waals surface area contributed by atoms with Gasteiger partial charge in [0.05, 0.1) is 23.5 Å². The number of amides is 2. The second-order valence-electron chi connectivity index (χ2n) is 6.29. The van der Waals surface area contributed by atoms with Crippen molar-refractivity contribution in [3.05, 3.63) is 29.3 Å². The molecule has 3 rings (SSSR count). The van der Waals surface area contributed by atoms with Crippen LogP contribution < -0.4 is 10.6 Å². The number of hydrogen-bond acceptors (Lipinski definition) is 4. The van der Waals surface area contributed by atoms with E-state index < -0.39 is 15.8 Å². The van der Waals surface area contributed by atoms with Gasteiger partial charge in [0.1, 0.15) is 0 Å². The maximum atomic E-state index is 12.2. The third kappa shape index (κ3) is 3.55. The van der Waals surface area contributed by atoms with Crippen molar-refractivity contribution < 1.29 is 18.0 Å². The third-order valence-corrected chi connectivity index (χ3v) is 6.25. The minimum absolute atomic E-state index is 0.0223. The molecule has 0 aliphatic carbocycles. The number of sulfone groups is 1. The monoisotopic (exact) mass is 336 g/mol. The van der Waals surface area contributed by atoms with E-state index in [1.165, 1.54) is 0 Å². The van der Waals surface area contributed by atoms with E-state index in [1.807, 2.05) is 25.1 Å². The van der Waals surface area contributed by atoms with Gasteiger partial charge < -0.3 is 10.6 Å². The molecule has 0 aromatic heterocycles. The van der Waals surface area contributed by atoms with Crippen LogP contribution in [0.3, 0.4) is 0 Å². The fourth-order valence-corrected chi connectivity index (χ4v) is 4.83. The van der Waals surface area contributed by atoms with Gasteiger partial charge in [-0.05, 0) is 37.0 Å². The van der Waals surface area contributed by atoms with Gasteiger partial charge in [-0.25, -0.2) is 8.42 Å². The lowest BCUT2D eigenvalue weighted by Crippen LogP contribution is -2.33. The Morgan fingerprint density at radius 2 is 2.13 bits per heavy atom. The summed E-state index contributed by atoms with van der Waals surface area (Å²) < 4.78 is 22.9. The number of carbonyl (C=O) groups excluding carboxylic acids is 2. The molecule has 0 saturated carbocycles. The van der Waals surface area contributed by atoms with Gasteiger partial charge in [0.2, 0.25) is 11.8 Å². The van der Waals surface area contributed by atoms with E-state index in [9.17, 15) is 18.0 Å². The molecule has 1 fully saturated rings. The van der Waals surface area contributed by atoms with Crippen LogP contribution in [0.2, 0.25) is 0 Å². The lowest BCUT2D eigenvalue weighted by atomic mass is 9.97. The molecule has 7 heteroatoms. The molecule has 23 heavy (non-hydrogen) atoms.